The molecule has 0 saturated heterocycles. The third-order valence-corrected chi connectivity index (χ3v) is 2.59. The highest BCUT2D eigenvalue weighted by molar-refractivity contribution is 5.56. The molecule has 2 aromatic heterocycles. The molecule has 3 rings (SSSR count). The van der Waals surface area contributed by atoms with Crippen LogP contribution in [0.2, 0.25) is 0 Å². The minimum atomic E-state index is -0.173. The summed E-state index contributed by atoms with van der Waals surface area (Å²) in [6, 6.07) is 11.1. The summed E-state index contributed by atoms with van der Waals surface area (Å²) in [6.07, 6.45) is 1.68. The lowest BCUT2D eigenvalue weighted by atomic mass is 10.2. The summed E-state index contributed by atoms with van der Waals surface area (Å²) in [5.74, 6) is 1.10. The third-order valence-electron chi connectivity index (χ3n) is 2.59. The van der Waals surface area contributed by atoms with E-state index in [-0.39, 0.29) is 5.56 Å². The van der Waals surface area contributed by atoms with Crippen LogP contribution in [0.15, 0.2) is 47.4 Å². The monoisotopic (exact) mass is 226 g/mol. The molecule has 0 radical (unpaired) electrons. The van der Waals surface area contributed by atoms with E-state index in [1.807, 2.05) is 37.4 Å². The van der Waals surface area contributed by atoms with Crippen molar-refractivity contribution in [1.82, 2.24) is 19.2 Å². The van der Waals surface area contributed by atoms with Crippen molar-refractivity contribution in [3.63, 3.8) is 0 Å². The van der Waals surface area contributed by atoms with Gasteiger partial charge in [-0.15, -0.1) is 5.10 Å². The van der Waals surface area contributed by atoms with Gasteiger partial charge in [0.05, 0.1) is 0 Å². The Morgan fingerprint density at radius 1 is 1.12 bits per heavy atom. The second kappa shape index (κ2) is 3.55. The summed E-state index contributed by atoms with van der Waals surface area (Å²) in [6.45, 7) is 0. The molecule has 1 aromatic carbocycles. The van der Waals surface area contributed by atoms with Crippen molar-refractivity contribution in [2.75, 3.05) is 0 Å². The van der Waals surface area contributed by atoms with Crippen molar-refractivity contribution >= 4 is 5.78 Å². The van der Waals surface area contributed by atoms with E-state index in [4.69, 9.17) is 0 Å². The molecule has 0 N–H and O–H groups in total. The highest BCUT2D eigenvalue weighted by atomic mass is 16.1. The topological polar surface area (TPSA) is 52.2 Å². The minimum Gasteiger partial charge on any atom is -0.320 e. The van der Waals surface area contributed by atoms with Gasteiger partial charge in [-0.2, -0.15) is 9.50 Å². The quantitative estimate of drug-likeness (QED) is 0.624. The second-order valence-corrected chi connectivity index (χ2v) is 3.78. The van der Waals surface area contributed by atoms with E-state index in [0.717, 1.165) is 5.56 Å². The molecule has 0 amide bonds. The molecule has 84 valence electrons. The van der Waals surface area contributed by atoms with Gasteiger partial charge in [0.2, 0.25) is 5.78 Å². The van der Waals surface area contributed by atoms with E-state index in [9.17, 15) is 4.79 Å². The van der Waals surface area contributed by atoms with Crippen LogP contribution in [-0.4, -0.2) is 19.2 Å². The van der Waals surface area contributed by atoms with Crippen molar-refractivity contribution < 1.29 is 0 Å². The number of aromatic nitrogens is 4. The normalized spacial score (nSPS) is 10.9. The van der Waals surface area contributed by atoms with E-state index < -0.39 is 0 Å². The number of benzene rings is 1. The minimum absolute atomic E-state index is 0.173. The SMILES string of the molecule is Cn1ccc(=O)n2nc(-c3ccccc3)nc12. The largest absolute Gasteiger partial charge is 0.320 e. The van der Waals surface area contributed by atoms with Crippen LogP contribution in [0.4, 0.5) is 0 Å². The summed E-state index contributed by atoms with van der Waals surface area (Å²) in [4.78, 5) is 16.0. The molecule has 0 bridgehead atoms. The van der Waals surface area contributed by atoms with Crippen molar-refractivity contribution in [3.8, 4) is 11.4 Å². The Kier molecular flexibility index (Phi) is 2.04. The first-order valence-corrected chi connectivity index (χ1v) is 5.23. The van der Waals surface area contributed by atoms with Crippen LogP contribution < -0.4 is 5.56 Å². The molecule has 0 atom stereocenters. The number of aryl methyl sites for hydroxylation is 1. The zero-order valence-corrected chi connectivity index (χ0v) is 9.24. The standard InChI is InChI=1S/C12H10N4O/c1-15-8-7-10(17)16-12(15)13-11(14-16)9-5-3-2-4-6-9/h2-8H,1H3. The summed E-state index contributed by atoms with van der Waals surface area (Å²) < 4.78 is 3.07. The summed E-state index contributed by atoms with van der Waals surface area (Å²) in [7, 11) is 1.83. The molecule has 5 heteroatoms. The molecule has 0 saturated carbocycles. The van der Waals surface area contributed by atoms with Gasteiger partial charge in [-0.1, -0.05) is 30.3 Å². The average Bonchev–Trinajstić information content (AvgIpc) is 2.81. The predicted octanol–water partition coefficient (Wildman–Crippen LogP) is 1.09. The van der Waals surface area contributed by atoms with Gasteiger partial charge in [0, 0.05) is 24.9 Å². The van der Waals surface area contributed by atoms with Crippen LogP contribution >= 0.6 is 0 Å². The van der Waals surface area contributed by atoms with Gasteiger partial charge in [-0.3, -0.25) is 4.79 Å². The second-order valence-electron chi connectivity index (χ2n) is 3.78. The zero-order valence-electron chi connectivity index (χ0n) is 9.24. The van der Waals surface area contributed by atoms with Crippen molar-refractivity contribution in [2.45, 2.75) is 0 Å². The maximum atomic E-state index is 11.6. The molecule has 0 unspecified atom stereocenters. The molecule has 0 spiro atoms. The number of hydrogen-bond acceptors (Lipinski definition) is 3. The molecular formula is C12H10N4O. The van der Waals surface area contributed by atoms with Gasteiger partial charge in [-0.05, 0) is 0 Å². The van der Waals surface area contributed by atoms with E-state index >= 15 is 0 Å². The van der Waals surface area contributed by atoms with Crippen LogP contribution in [-0.2, 0) is 7.05 Å². The Morgan fingerprint density at radius 2 is 1.88 bits per heavy atom. The highest BCUT2D eigenvalue weighted by Gasteiger charge is 2.08. The molecule has 3 aromatic rings. The van der Waals surface area contributed by atoms with Crippen LogP contribution in [0.1, 0.15) is 0 Å². The summed E-state index contributed by atoms with van der Waals surface area (Å²) in [5.41, 5.74) is 0.725. The van der Waals surface area contributed by atoms with E-state index in [1.54, 1.807) is 10.8 Å². The lowest BCUT2D eigenvalue weighted by Gasteiger charge is -1.96. The van der Waals surface area contributed by atoms with E-state index in [0.29, 0.717) is 11.6 Å². The number of hydrogen-bond donors (Lipinski definition) is 0. The van der Waals surface area contributed by atoms with Gasteiger partial charge in [0.25, 0.3) is 5.56 Å². The number of rotatable bonds is 1. The van der Waals surface area contributed by atoms with Gasteiger partial charge >= 0.3 is 0 Å². The third kappa shape index (κ3) is 1.52. The molecule has 5 nitrogen and oxygen atoms in total. The first kappa shape index (κ1) is 9.77. The summed E-state index contributed by atoms with van der Waals surface area (Å²) in [5, 5.41) is 4.22. The fourth-order valence-corrected chi connectivity index (χ4v) is 1.70. The van der Waals surface area contributed by atoms with Crippen molar-refractivity contribution in [3.05, 3.63) is 52.9 Å². The molecule has 0 aliphatic rings. The Labute approximate surface area is 97.0 Å². The van der Waals surface area contributed by atoms with Crippen molar-refractivity contribution in [1.29, 1.82) is 0 Å². The molecular weight excluding hydrogens is 216 g/mol. The van der Waals surface area contributed by atoms with Crippen LogP contribution in [0.3, 0.4) is 0 Å². The van der Waals surface area contributed by atoms with Gasteiger partial charge in [0.1, 0.15) is 0 Å². The lowest BCUT2D eigenvalue weighted by molar-refractivity contribution is 0.819. The number of nitrogens with zero attached hydrogens (tertiary/aromatic N) is 4. The first-order valence-electron chi connectivity index (χ1n) is 5.23. The summed E-state index contributed by atoms with van der Waals surface area (Å²) >= 11 is 0. The van der Waals surface area contributed by atoms with Crippen LogP contribution in [0.25, 0.3) is 17.2 Å². The Balaban J connectivity index is 2.31. The van der Waals surface area contributed by atoms with Crippen LogP contribution in [0.5, 0.6) is 0 Å². The zero-order chi connectivity index (χ0) is 11.8. The van der Waals surface area contributed by atoms with Gasteiger partial charge in [-0.25, -0.2) is 0 Å². The molecule has 17 heavy (non-hydrogen) atoms. The van der Waals surface area contributed by atoms with Gasteiger partial charge < -0.3 is 4.57 Å². The van der Waals surface area contributed by atoms with Gasteiger partial charge in [0.15, 0.2) is 5.82 Å². The number of fused-ring (bicyclic) bond motifs is 1. The lowest BCUT2D eigenvalue weighted by Crippen LogP contribution is -2.15. The fourth-order valence-electron chi connectivity index (χ4n) is 1.70. The Morgan fingerprint density at radius 3 is 2.59 bits per heavy atom. The van der Waals surface area contributed by atoms with E-state index in [1.165, 1.54) is 10.6 Å². The maximum absolute atomic E-state index is 11.6. The Hall–Kier alpha value is -2.43. The molecule has 0 aliphatic carbocycles. The van der Waals surface area contributed by atoms with Crippen LogP contribution in [0, 0.1) is 0 Å². The fraction of sp³-hybridized carbons (Fsp3) is 0.0833. The highest BCUT2D eigenvalue weighted by Crippen LogP contribution is 2.14. The Bertz CT molecular complexity index is 727. The molecule has 2 heterocycles. The smallest absolute Gasteiger partial charge is 0.275 e. The molecule has 0 aliphatic heterocycles. The molecule has 0 fully saturated rings. The first-order chi connectivity index (χ1) is 8.25. The average molecular weight is 226 g/mol. The maximum Gasteiger partial charge on any atom is 0.275 e. The van der Waals surface area contributed by atoms with E-state index in [2.05, 4.69) is 10.1 Å². The van der Waals surface area contributed by atoms with Crippen molar-refractivity contribution in [2.24, 2.45) is 7.05 Å². The predicted molar refractivity (Wildman–Crippen MR) is 63.7 cm³/mol.